The lowest BCUT2D eigenvalue weighted by molar-refractivity contribution is 0.740. The van der Waals surface area contributed by atoms with Gasteiger partial charge in [0.25, 0.3) is 0 Å². The van der Waals surface area contributed by atoms with Crippen molar-refractivity contribution in [1.82, 2.24) is 0 Å². The normalized spacial score (nSPS) is 19.8. The molecule has 0 spiro atoms. The minimum atomic E-state index is -0.0507. The molecule has 0 atom stereocenters. The zero-order valence-electron chi connectivity index (χ0n) is 6.18. The molecule has 0 amide bonds. The summed E-state index contributed by atoms with van der Waals surface area (Å²) in [7, 11) is 0. The molecule has 1 aliphatic rings. The monoisotopic (exact) mass is 167 g/mol. The van der Waals surface area contributed by atoms with Crippen molar-refractivity contribution in [2.75, 3.05) is 0 Å². The largest absolute Gasteiger partial charge is 0.321 e. The average molecular weight is 168 g/mol. The van der Waals surface area contributed by atoms with E-state index in [1.165, 1.54) is 5.56 Å². The lowest BCUT2D eigenvalue weighted by Crippen LogP contribution is -2.18. The van der Waals surface area contributed by atoms with E-state index in [4.69, 9.17) is 17.3 Å². The summed E-state index contributed by atoms with van der Waals surface area (Å²) in [6.07, 6.45) is 2.18. The van der Waals surface area contributed by atoms with Gasteiger partial charge in [-0.15, -0.1) is 0 Å². The summed E-state index contributed by atoms with van der Waals surface area (Å²) in [5.41, 5.74) is 7.10. The van der Waals surface area contributed by atoms with Gasteiger partial charge < -0.3 is 5.73 Å². The summed E-state index contributed by atoms with van der Waals surface area (Å²) in [5.74, 6) is 0. The molecule has 1 fully saturated rings. The molecule has 0 bridgehead atoms. The smallest absolute Gasteiger partial charge is 0.0411 e. The summed E-state index contributed by atoms with van der Waals surface area (Å²) < 4.78 is 0. The molecule has 1 nitrogen and oxygen atoms in total. The Labute approximate surface area is 71.2 Å². The second kappa shape index (κ2) is 2.23. The summed E-state index contributed by atoms with van der Waals surface area (Å²) >= 11 is 5.82. The van der Waals surface area contributed by atoms with Gasteiger partial charge in [0.1, 0.15) is 0 Å². The van der Waals surface area contributed by atoms with E-state index in [0.717, 1.165) is 17.9 Å². The first-order valence-corrected chi connectivity index (χ1v) is 4.13. The minimum Gasteiger partial charge on any atom is -0.321 e. The Morgan fingerprint density at radius 3 is 2.64 bits per heavy atom. The highest BCUT2D eigenvalue weighted by Gasteiger charge is 2.39. The molecule has 58 valence electrons. The maximum atomic E-state index is 5.98. The fourth-order valence-electron chi connectivity index (χ4n) is 1.22. The van der Waals surface area contributed by atoms with Gasteiger partial charge in [-0.25, -0.2) is 0 Å². The first-order chi connectivity index (χ1) is 5.21. The summed E-state index contributed by atoms with van der Waals surface area (Å²) in [6.45, 7) is 0. The highest BCUT2D eigenvalue weighted by molar-refractivity contribution is 6.30. The maximum absolute atomic E-state index is 5.98. The molecule has 2 heteroatoms. The van der Waals surface area contributed by atoms with Crippen molar-refractivity contribution in [3.8, 4) is 0 Å². The van der Waals surface area contributed by atoms with E-state index in [0.29, 0.717) is 0 Å². The molecule has 1 aliphatic carbocycles. The fraction of sp³-hybridized carbons (Fsp3) is 0.333. The van der Waals surface area contributed by atoms with E-state index in [1.807, 2.05) is 24.3 Å². The van der Waals surface area contributed by atoms with Crippen LogP contribution in [0.3, 0.4) is 0 Å². The molecule has 0 saturated heterocycles. The van der Waals surface area contributed by atoms with Crippen LogP contribution in [-0.2, 0) is 5.54 Å². The molecule has 0 heterocycles. The maximum Gasteiger partial charge on any atom is 0.0411 e. The highest BCUT2D eigenvalue weighted by Crippen LogP contribution is 2.42. The molecular formula is C9H10ClN. The van der Waals surface area contributed by atoms with E-state index in [9.17, 15) is 0 Å². The molecule has 0 aliphatic heterocycles. The van der Waals surface area contributed by atoms with E-state index in [1.54, 1.807) is 0 Å². The molecule has 1 saturated carbocycles. The quantitative estimate of drug-likeness (QED) is 0.683. The fourth-order valence-corrected chi connectivity index (χ4v) is 1.41. The van der Waals surface area contributed by atoms with Gasteiger partial charge in [-0.2, -0.15) is 0 Å². The second-order valence-corrected chi connectivity index (χ2v) is 3.60. The van der Waals surface area contributed by atoms with Gasteiger partial charge in [-0.05, 0) is 30.5 Å². The van der Waals surface area contributed by atoms with Crippen LogP contribution >= 0.6 is 11.6 Å². The molecule has 2 rings (SSSR count). The van der Waals surface area contributed by atoms with Crippen LogP contribution in [0.2, 0.25) is 5.02 Å². The number of nitrogens with two attached hydrogens (primary N) is 1. The van der Waals surface area contributed by atoms with E-state index >= 15 is 0 Å². The van der Waals surface area contributed by atoms with Crippen LogP contribution in [0.4, 0.5) is 0 Å². The van der Waals surface area contributed by atoms with E-state index < -0.39 is 0 Å². The first kappa shape index (κ1) is 7.14. The van der Waals surface area contributed by atoms with Gasteiger partial charge in [-0.1, -0.05) is 23.7 Å². The molecule has 2 N–H and O–H groups in total. The van der Waals surface area contributed by atoms with Crippen LogP contribution in [0.15, 0.2) is 24.3 Å². The number of hydrogen-bond acceptors (Lipinski definition) is 1. The van der Waals surface area contributed by atoms with E-state index in [-0.39, 0.29) is 5.54 Å². The predicted octanol–water partition coefficient (Wildman–Crippen LogP) is 2.29. The number of rotatable bonds is 1. The standard InChI is InChI=1S/C9H10ClN/c10-8-3-1-2-7(6-8)9(11)4-5-9/h1-3,6H,4-5,11H2. The van der Waals surface area contributed by atoms with Crippen molar-refractivity contribution in [3.05, 3.63) is 34.9 Å². The molecule has 0 aromatic heterocycles. The average Bonchev–Trinajstić information content (AvgIpc) is 2.70. The van der Waals surface area contributed by atoms with Crippen molar-refractivity contribution >= 4 is 11.6 Å². The molecule has 1 aromatic carbocycles. The zero-order chi connectivity index (χ0) is 7.90. The number of halogens is 1. The van der Waals surface area contributed by atoms with Crippen molar-refractivity contribution in [1.29, 1.82) is 0 Å². The third-order valence-electron chi connectivity index (χ3n) is 2.19. The van der Waals surface area contributed by atoms with Crippen LogP contribution in [0.5, 0.6) is 0 Å². The lowest BCUT2D eigenvalue weighted by Gasteiger charge is -2.07. The molecule has 1 aromatic rings. The van der Waals surface area contributed by atoms with Gasteiger partial charge in [0, 0.05) is 10.6 Å². The third-order valence-corrected chi connectivity index (χ3v) is 2.42. The summed E-state index contributed by atoms with van der Waals surface area (Å²) in [4.78, 5) is 0. The molecular weight excluding hydrogens is 158 g/mol. The van der Waals surface area contributed by atoms with Gasteiger partial charge >= 0.3 is 0 Å². The SMILES string of the molecule is NC1(c2cccc(Cl)c2)CC1. The van der Waals surface area contributed by atoms with Crippen LogP contribution in [0, 0.1) is 0 Å². The second-order valence-electron chi connectivity index (χ2n) is 3.17. The van der Waals surface area contributed by atoms with Crippen molar-refractivity contribution in [2.24, 2.45) is 5.73 Å². The molecule has 0 radical (unpaired) electrons. The Balaban J connectivity index is 2.38. The first-order valence-electron chi connectivity index (χ1n) is 3.76. The Morgan fingerprint density at radius 2 is 2.09 bits per heavy atom. The Kier molecular flexibility index (Phi) is 1.44. The van der Waals surface area contributed by atoms with Crippen LogP contribution in [0.25, 0.3) is 0 Å². The Hall–Kier alpha value is -0.530. The minimum absolute atomic E-state index is 0.0507. The number of hydrogen-bond donors (Lipinski definition) is 1. The van der Waals surface area contributed by atoms with Gasteiger partial charge in [0.05, 0.1) is 0 Å². The van der Waals surface area contributed by atoms with Crippen LogP contribution < -0.4 is 5.73 Å². The van der Waals surface area contributed by atoms with Crippen molar-refractivity contribution in [3.63, 3.8) is 0 Å². The summed E-state index contributed by atoms with van der Waals surface area (Å²) in [5, 5.41) is 0.777. The number of benzene rings is 1. The van der Waals surface area contributed by atoms with Crippen molar-refractivity contribution < 1.29 is 0 Å². The predicted molar refractivity (Wildman–Crippen MR) is 46.6 cm³/mol. The Bertz CT molecular complexity index is 279. The molecule has 0 unspecified atom stereocenters. The topological polar surface area (TPSA) is 26.0 Å². The third kappa shape index (κ3) is 1.26. The van der Waals surface area contributed by atoms with Gasteiger partial charge in [0.2, 0.25) is 0 Å². The van der Waals surface area contributed by atoms with E-state index in [2.05, 4.69) is 0 Å². The lowest BCUT2D eigenvalue weighted by atomic mass is 10.1. The highest BCUT2D eigenvalue weighted by atomic mass is 35.5. The van der Waals surface area contributed by atoms with Gasteiger partial charge in [-0.3, -0.25) is 0 Å². The Morgan fingerprint density at radius 1 is 1.36 bits per heavy atom. The van der Waals surface area contributed by atoms with Gasteiger partial charge in [0.15, 0.2) is 0 Å². The van der Waals surface area contributed by atoms with Crippen molar-refractivity contribution in [2.45, 2.75) is 18.4 Å². The molecule has 11 heavy (non-hydrogen) atoms. The summed E-state index contributed by atoms with van der Waals surface area (Å²) in [6, 6.07) is 7.81. The zero-order valence-corrected chi connectivity index (χ0v) is 6.93. The van der Waals surface area contributed by atoms with Crippen LogP contribution in [0.1, 0.15) is 18.4 Å². The van der Waals surface area contributed by atoms with Crippen LogP contribution in [-0.4, -0.2) is 0 Å².